The fraction of sp³-hybridized carbons (Fsp3) is 0.519. The predicted molar refractivity (Wildman–Crippen MR) is 147 cm³/mol. The molecule has 0 radical (unpaired) electrons. The first-order valence-corrected chi connectivity index (χ1v) is 12.8. The molecular weight excluding hydrogens is 488 g/mol. The van der Waals surface area contributed by atoms with Crippen molar-refractivity contribution in [3.63, 3.8) is 0 Å². The number of benzene rings is 1. The number of likely N-dealkylation sites (N-methyl/N-ethyl adjacent to an activating group) is 1. The largest absolute Gasteiger partial charge is 0.383 e. The Morgan fingerprint density at radius 2 is 1.71 bits per heavy atom. The molecule has 0 bridgehead atoms. The van der Waals surface area contributed by atoms with E-state index in [-0.39, 0.29) is 67.8 Å². The van der Waals surface area contributed by atoms with Crippen molar-refractivity contribution < 1.29 is 14.4 Å². The summed E-state index contributed by atoms with van der Waals surface area (Å²) in [5.74, 6) is -1.65. The first-order chi connectivity index (χ1) is 17.8. The smallest absolute Gasteiger partial charge is 0.330 e. The van der Waals surface area contributed by atoms with Crippen molar-refractivity contribution in [3.05, 3.63) is 50.7 Å². The Morgan fingerprint density at radius 1 is 1.08 bits per heavy atom. The molecular formula is C27H38N6O5. The molecule has 1 aliphatic rings. The number of carbonyl (C=O) groups is 3. The maximum Gasteiger partial charge on any atom is 0.330 e. The summed E-state index contributed by atoms with van der Waals surface area (Å²) in [6, 6.07) is 7.50. The van der Waals surface area contributed by atoms with Gasteiger partial charge in [0.05, 0.1) is 12.5 Å². The molecule has 11 heteroatoms. The number of amides is 3. The lowest BCUT2D eigenvalue weighted by atomic mass is 10.1. The number of carbonyl (C=O) groups excluding carboxylic acids is 3. The molecule has 1 saturated heterocycles. The molecule has 206 valence electrons. The Bertz CT molecular complexity index is 1310. The molecule has 11 nitrogen and oxygen atoms in total. The molecule has 3 N–H and O–H groups in total. The van der Waals surface area contributed by atoms with E-state index in [9.17, 15) is 24.0 Å². The van der Waals surface area contributed by atoms with Gasteiger partial charge in [0.1, 0.15) is 5.82 Å². The predicted octanol–water partition coefficient (Wildman–Crippen LogP) is 1.58. The zero-order valence-corrected chi connectivity index (χ0v) is 23.0. The molecule has 0 aliphatic carbocycles. The highest BCUT2D eigenvalue weighted by molar-refractivity contribution is 6.02. The Kier molecular flexibility index (Phi) is 8.80. The minimum absolute atomic E-state index is 0.0280. The van der Waals surface area contributed by atoms with E-state index < -0.39 is 23.1 Å². The molecule has 0 unspecified atom stereocenters. The van der Waals surface area contributed by atoms with Crippen LogP contribution in [0.5, 0.6) is 0 Å². The van der Waals surface area contributed by atoms with Crippen LogP contribution in [0, 0.1) is 24.7 Å². The van der Waals surface area contributed by atoms with Crippen LogP contribution in [0.2, 0.25) is 0 Å². The SMILES string of the molecule is Cc1ccc(N2C[C@@H](C(=O)N(C)CC(=O)N(CC(C)C)c3c(N)n(CC(C)C)c(=O)[nH]c3=O)CC2=O)cc1. The molecule has 1 aromatic carbocycles. The van der Waals surface area contributed by atoms with E-state index in [4.69, 9.17) is 5.73 Å². The Hall–Kier alpha value is -3.89. The van der Waals surface area contributed by atoms with Gasteiger partial charge in [-0.25, -0.2) is 4.79 Å². The molecule has 38 heavy (non-hydrogen) atoms. The van der Waals surface area contributed by atoms with Gasteiger partial charge in [0.25, 0.3) is 5.56 Å². The molecule has 1 atom stereocenters. The van der Waals surface area contributed by atoms with Gasteiger partial charge in [0.15, 0.2) is 5.69 Å². The number of aryl methyl sites for hydroxylation is 1. The molecule has 1 fully saturated rings. The number of nitrogens with one attached hydrogen (secondary N) is 1. The van der Waals surface area contributed by atoms with Crippen molar-refractivity contribution in [2.75, 3.05) is 42.2 Å². The number of nitrogen functional groups attached to an aromatic ring is 1. The average Bonchev–Trinajstić information content (AvgIpc) is 3.22. The molecule has 3 amide bonds. The van der Waals surface area contributed by atoms with Crippen LogP contribution in [0.4, 0.5) is 17.2 Å². The van der Waals surface area contributed by atoms with Crippen molar-refractivity contribution in [1.82, 2.24) is 14.5 Å². The second-order valence-electron chi connectivity index (χ2n) is 10.8. The summed E-state index contributed by atoms with van der Waals surface area (Å²) in [4.78, 5) is 70.9. The van der Waals surface area contributed by atoms with Gasteiger partial charge < -0.3 is 20.4 Å². The quantitative estimate of drug-likeness (QED) is 0.508. The van der Waals surface area contributed by atoms with Crippen molar-refractivity contribution >= 4 is 34.9 Å². The van der Waals surface area contributed by atoms with Crippen LogP contribution in [0.3, 0.4) is 0 Å². The maximum absolute atomic E-state index is 13.5. The zero-order chi connectivity index (χ0) is 28.3. The van der Waals surface area contributed by atoms with Crippen molar-refractivity contribution in [2.24, 2.45) is 17.8 Å². The van der Waals surface area contributed by atoms with Crippen LogP contribution < -0.4 is 26.8 Å². The van der Waals surface area contributed by atoms with Gasteiger partial charge >= 0.3 is 5.69 Å². The minimum Gasteiger partial charge on any atom is -0.383 e. The van der Waals surface area contributed by atoms with Crippen LogP contribution in [0.1, 0.15) is 39.7 Å². The summed E-state index contributed by atoms with van der Waals surface area (Å²) < 4.78 is 1.25. The van der Waals surface area contributed by atoms with Gasteiger partial charge in [-0.05, 0) is 30.9 Å². The molecule has 2 heterocycles. The highest BCUT2D eigenvalue weighted by Gasteiger charge is 2.37. The lowest BCUT2D eigenvalue weighted by Gasteiger charge is -2.29. The molecule has 0 saturated carbocycles. The topological polar surface area (TPSA) is 142 Å². The number of hydrogen-bond acceptors (Lipinski definition) is 6. The summed E-state index contributed by atoms with van der Waals surface area (Å²) in [5.41, 5.74) is 6.55. The number of rotatable bonds is 9. The average molecular weight is 527 g/mol. The minimum atomic E-state index is -0.759. The highest BCUT2D eigenvalue weighted by atomic mass is 16.2. The van der Waals surface area contributed by atoms with Crippen LogP contribution in [-0.2, 0) is 20.9 Å². The van der Waals surface area contributed by atoms with Gasteiger partial charge in [0, 0.05) is 38.8 Å². The van der Waals surface area contributed by atoms with Gasteiger partial charge in [-0.3, -0.25) is 28.7 Å². The monoisotopic (exact) mass is 526 g/mol. The fourth-order valence-corrected chi connectivity index (χ4v) is 4.59. The number of aromatic nitrogens is 2. The Morgan fingerprint density at radius 3 is 2.29 bits per heavy atom. The van der Waals surface area contributed by atoms with E-state index in [0.29, 0.717) is 0 Å². The lowest BCUT2D eigenvalue weighted by molar-refractivity contribution is -0.137. The second-order valence-corrected chi connectivity index (χ2v) is 10.8. The first-order valence-electron chi connectivity index (χ1n) is 12.8. The molecule has 0 spiro atoms. The third-order valence-electron chi connectivity index (χ3n) is 6.45. The standard InChI is InChI=1S/C27H38N6O5/c1-16(2)12-32(23-24(28)33(13-17(3)4)27(38)29-25(23)36)22(35)15-30(6)26(37)19-11-21(34)31(14-19)20-9-7-18(5)8-10-20/h7-10,16-17,19H,11-15,28H2,1-6H3,(H,29,36,38)/t19-/m0/s1. The van der Waals surface area contributed by atoms with Gasteiger partial charge in [-0.2, -0.15) is 0 Å². The maximum atomic E-state index is 13.5. The summed E-state index contributed by atoms with van der Waals surface area (Å²) in [6.07, 6.45) is 0.0493. The van der Waals surface area contributed by atoms with Crippen molar-refractivity contribution in [3.8, 4) is 0 Å². The zero-order valence-electron chi connectivity index (χ0n) is 23.0. The number of H-pyrrole nitrogens is 1. The van der Waals surface area contributed by atoms with Crippen molar-refractivity contribution in [2.45, 2.75) is 47.6 Å². The van der Waals surface area contributed by atoms with Crippen LogP contribution in [-0.4, -0.2) is 58.9 Å². The Balaban J connectivity index is 1.81. The number of anilines is 3. The van der Waals surface area contributed by atoms with E-state index in [1.807, 2.05) is 58.9 Å². The van der Waals surface area contributed by atoms with Crippen LogP contribution in [0.25, 0.3) is 0 Å². The number of nitrogens with two attached hydrogens (primary N) is 1. The summed E-state index contributed by atoms with van der Waals surface area (Å²) in [6.45, 7) is 9.87. The molecule has 1 aliphatic heterocycles. The van der Waals surface area contributed by atoms with E-state index >= 15 is 0 Å². The van der Waals surface area contributed by atoms with Gasteiger partial charge in [0.2, 0.25) is 17.7 Å². The summed E-state index contributed by atoms with van der Waals surface area (Å²) in [5, 5.41) is 0. The third kappa shape index (κ3) is 6.32. The van der Waals surface area contributed by atoms with Gasteiger partial charge in [-0.1, -0.05) is 45.4 Å². The highest BCUT2D eigenvalue weighted by Crippen LogP contribution is 2.27. The van der Waals surface area contributed by atoms with E-state index in [1.165, 1.54) is 21.4 Å². The number of hydrogen-bond donors (Lipinski definition) is 2. The van der Waals surface area contributed by atoms with E-state index in [0.717, 1.165) is 11.3 Å². The number of aromatic amines is 1. The van der Waals surface area contributed by atoms with Gasteiger partial charge in [-0.15, -0.1) is 0 Å². The normalized spacial score (nSPS) is 15.4. The van der Waals surface area contributed by atoms with Crippen LogP contribution >= 0.6 is 0 Å². The summed E-state index contributed by atoms with van der Waals surface area (Å²) >= 11 is 0. The summed E-state index contributed by atoms with van der Waals surface area (Å²) in [7, 11) is 1.50. The van der Waals surface area contributed by atoms with E-state index in [2.05, 4.69) is 4.98 Å². The molecule has 2 aromatic rings. The lowest BCUT2D eigenvalue weighted by Crippen LogP contribution is -2.48. The van der Waals surface area contributed by atoms with Crippen molar-refractivity contribution in [1.29, 1.82) is 0 Å². The molecule has 1 aromatic heterocycles. The second kappa shape index (κ2) is 11.7. The third-order valence-corrected chi connectivity index (χ3v) is 6.45. The van der Waals surface area contributed by atoms with E-state index in [1.54, 1.807) is 4.90 Å². The number of nitrogens with zero attached hydrogens (tertiary/aromatic N) is 4. The fourth-order valence-electron chi connectivity index (χ4n) is 4.59. The first kappa shape index (κ1) is 28.7. The molecule has 3 rings (SSSR count). The Labute approximate surface area is 222 Å². The van der Waals surface area contributed by atoms with Crippen LogP contribution in [0.15, 0.2) is 33.9 Å².